The summed E-state index contributed by atoms with van der Waals surface area (Å²) in [7, 11) is -2.01. The first-order chi connectivity index (χ1) is 9.34. The molecule has 1 aliphatic heterocycles. The van der Waals surface area contributed by atoms with Crippen molar-refractivity contribution >= 4 is 15.7 Å². The average molecular weight is 298 g/mol. The Morgan fingerprint density at radius 2 is 1.85 bits per heavy atom. The monoisotopic (exact) mass is 298 g/mol. The molecule has 0 aromatic heterocycles. The zero-order valence-corrected chi connectivity index (χ0v) is 13.0. The lowest BCUT2D eigenvalue weighted by atomic mass is 9.94. The number of nitrogens with zero attached hydrogens (tertiary/aromatic N) is 1. The molecule has 0 aliphatic carbocycles. The van der Waals surface area contributed by atoms with Crippen LogP contribution in [0, 0.1) is 11.8 Å². The molecule has 0 bridgehead atoms. The van der Waals surface area contributed by atoms with Crippen LogP contribution in [0.5, 0.6) is 5.75 Å². The Hall–Kier alpha value is -1.27. The Labute approximate surface area is 120 Å². The van der Waals surface area contributed by atoms with Gasteiger partial charge in [-0.3, -0.25) is 0 Å². The van der Waals surface area contributed by atoms with E-state index in [0.29, 0.717) is 30.7 Å². The molecule has 1 aliphatic rings. The topological polar surface area (TPSA) is 72.6 Å². The Kier molecular flexibility index (Phi) is 4.25. The summed E-state index contributed by atoms with van der Waals surface area (Å²) in [4.78, 5) is 0.166. The van der Waals surface area contributed by atoms with Gasteiger partial charge in [0.1, 0.15) is 10.6 Å². The Balaban J connectivity index is 2.35. The molecule has 0 saturated carbocycles. The first kappa shape index (κ1) is 15.1. The lowest BCUT2D eigenvalue weighted by Crippen LogP contribution is -2.42. The van der Waals surface area contributed by atoms with Gasteiger partial charge < -0.3 is 10.5 Å². The molecular formula is C14H22N2O3S. The van der Waals surface area contributed by atoms with Gasteiger partial charge >= 0.3 is 0 Å². The van der Waals surface area contributed by atoms with Gasteiger partial charge in [0, 0.05) is 19.2 Å². The molecule has 0 radical (unpaired) electrons. The molecule has 2 N–H and O–H groups in total. The predicted octanol–water partition coefficient (Wildman–Crippen LogP) is 1.94. The van der Waals surface area contributed by atoms with Crippen LogP contribution in [0.1, 0.15) is 20.3 Å². The van der Waals surface area contributed by atoms with Crippen LogP contribution in [0.3, 0.4) is 0 Å². The van der Waals surface area contributed by atoms with E-state index in [1.165, 1.54) is 13.2 Å². The maximum atomic E-state index is 12.7. The van der Waals surface area contributed by atoms with Crippen LogP contribution in [0.2, 0.25) is 0 Å². The van der Waals surface area contributed by atoms with Crippen molar-refractivity contribution in [2.75, 3.05) is 25.9 Å². The van der Waals surface area contributed by atoms with Crippen LogP contribution in [0.15, 0.2) is 23.1 Å². The third kappa shape index (κ3) is 2.91. The van der Waals surface area contributed by atoms with Gasteiger partial charge in [-0.25, -0.2) is 8.42 Å². The molecule has 0 spiro atoms. The van der Waals surface area contributed by atoms with Crippen LogP contribution in [0.25, 0.3) is 0 Å². The summed E-state index contributed by atoms with van der Waals surface area (Å²) in [6.45, 7) is 5.27. The molecule has 1 aromatic rings. The van der Waals surface area contributed by atoms with E-state index in [4.69, 9.17) is 10.5 Å². The van der Waals surface area contributed by atoms with Crippen molar-refractivity contribution in [2.24, 2.45) is 11.8 Å². The van der Waals surface area contributed by atoms with Gasteiger partial charge in [-0.15, -0.1) is 0 Å². The Bertz CT molecular complexity index is 576. The highest BCUT2D eigenvalue weighted by molar-refractivity contribution is 7.89. The van der Waals surface area contributed by atoms with Crippen molar-refractivity contribution in [3.05, 3.63) is 18.2 Å². The number of hydrogen-bond acceptors (Lipinski definition) is 4. The quantitative estimate of drug-likeness (QED) is 0.866. The maximum Gasteiger partial charge on any atom is 0.245 e. The molecule has 2 rings (SSSR count). The summed E-state index contributed by atoms with van der Waals surface area (Å²) in [6.07, 6.45) is 1.06. The lowest BCUT2D eigenvalue weighted by molar-refractivity contribution is 0.222. The van der Waals surface area contributed by atoms with Crippen molar-refractivity contribution in [3.63, 3.8) is 0 Å². The zero-order valence-electron chi connectivity index (χ0n) is 12.2. The van der Waals surface area contributed by atoms with Crippen LogP contribution in [0.4, 0.5) is 5.69 Å². The zero-order chi connectivity index (χ0) is 14.9. The number of sulfonamides is 1. The van der Waals surface area contributed by atoms with E-state index in [2.05, 4.69) is 13.8 Å². The highest BCUT2D eigenvalue weighted by atomic mass is 32.2. The largest absolute Gasteiger partial charge is 0.497 e. The average Bonchev–Trinajstić information content (AvgIpc) is 2.37. The van der Waals surface area contributed by atoms with E-state index < -0.39 is 10.0 Å². The summed E-state index contributed by atoms with van der Waals surface area (Å²) in [6, 6.07) is 4.69. The van der Waals surface area contributed by atoms with Gasteiger partial charge in [0.2, 0.25) is 10.0 Å². The molecule has 1 saturated heterocycles. The summed E-state index contributed by atoms with van der Waals surface area (Å²) in [5, 5.41) is 0. The third-order valence-corrected chi connectivity index (χ3v) is 5.58. The number of nitrogens with two attached hydrogens (primary N) is 1. The molecular weight excluding hydrogens is 276 g/mol. The molecule has 20 heavy (non-hydrogen) atoms. The molecule has 5 nitrogen and oxygen atoms in total. The standard InChI is InChI=1S/C14H22N2O3S/c1-10-6-11(2)9-16(8-10)20(17,18)14-5-4-12(19-3)7-13(14)15/h4-5,7,10-11H,6,8-9,15H2,1-3H3. The number of hydrogen-bond donors (Lipinski definition) is 1. The minimum atomic E-state index is -3.53. The second-order valence-corrected chi connectivity index (χ2v) is 7.58. The molecule has 0 amide bonds. The molecule has 1 heterocycles. The number of anilines is 1. The smallest absolute Gasteiger partial charge is 0.245 e. The number of nitrogen functional groups attached to an aromatic ring is 1. The third-order valence-electron chi connectivity index (χ3n) is 3.67. The fraction of sp³-hybridized carbons (Fsp3) is 0.571. The minimum Gasteiger partial charge on any atom is -0.497 e. The first-order valence-electron chi connectivity index (χ1n) is 6.78. The van der Waals surface area contributed by atoms with Gasteiger partial charge in [-0.1, -0.05) is 13.8 Å². The predicted molar refractivity (Wildman–Crippen MR) is 79.1 cm³/mol. The van der Waals surface area contributed by atoms with Gasteiger partial charge in [0.15, 0.2) is 0 Å². The molecule has 6 heteroatoms. The number of benzene rings is 1. The molecule has 2 atom stereocenters. The minimum absolute atomic E-state index is 0.166. The van der Waals surface area contributed by atoms with Gasteiger partial charge in [0.05, 0.1) is 12.8 Å². The molecule has 2 unspecified atom stereocenters. The highest BCUT2D eigenvalue weighted by Gasteiger charge is 2.32. The number of ether oxygens (including phenoxy) is 1. The van der Waals surface area contributed by atoms with Crippen molar-refractivity contribution in [2.45, 2.75) is 25.2 Å². The highest BCUT2D eigenvalue weighted by Crippen LogP contribution is 2.30. The first-order valence-corrected chi connectivity index (χ1v) is 8.22. The van der Waals surface area contributed by atoms with Crippen molar-refractivity contribution < 1.29 is 13.2 Å². The van der Waals surface area contributed by atoms with Crippen LogP contribution in [-0.4, -0.2) is 32.9 Å². The van der Waals surface area contributed by atoms with E-state index in [1.54, 1.807) is 16.4 Å². The van der Waals surface area contributed by atoms with Crippen molar-refractivity contribution in [1.29, 1.82) is 0 Å². The fourth-order valence-electron chi connectivity index (χ4n) is 2.83. The summed E-state index contributed by atoms with van der Waals surface area (Å²) >= 11 is 0. The van der Waals surface area contributed by atoms with Crippen molar-refractivity contribution in [3.8, 4) is 5.75 Å². The summed E-state index contributed by atoms with van der Waals surface area (Å²) in [5.74, 6) is 1.29. The van der Waals surface area contributed by atoms with Gasteiger partial charge in [0.25, 0.3) is 0 Å². The second-order valence-electron chi connectivity index (χ2n) is 5.67. The summed E-state index contributed by atoms with van der Waals surface area (Å²) in [5.41, 5.74) is 6.10. The SMILES string of the molecule is COc1ccc(S(=O)(=O)N2CC(C)CC(C)C2)c(N)c1. The number of rotatable bonds is 3. The second kappa shape index (κ2) is 5.61. The Morgan fingerprint density at radius 3 is 2.35 bits per heavy atom. The molecule has 112 valence electrons. The van der Waals surface area contributed by atoms with Crippen molar-refractivity contribution in [1.82, 2.24) is 4.31 Å². The summed E-state index contributed by atoms with van der Waals surface area (Å²) < 4.78 is 32.0. The number of piperidine rings is 1. The van der Waals surface area contributed by atoms with E-state index in [1.807, 2.05) is 0 Å². The van der Waals surface area contributed by atoms with Crippen LogP contribution in [-0.2, 0) is 10.0 Å². The van der Waals surface area contributed by atoms with Gasteiger partial charge in [-0.05, 0) is 30.4 Å². The van der Waals surface area contributed by atoms with E-state index in [9.17, 15) is 8.42 Å². The van der Waals surface area contributed by atoms with Crippen LogP contribution < -0.4 is 10.5 Å². The lowest BCUT2D eigenvalue weighted by Gasteiger charge is -2.34. The fourth-order valence-corrected chi connectivity index (χ4v) is 4.61. The van der Waals surface area contributed by atoms with E-state index >= 15 is 0 Å². The van der Waals surface area contributed by atoms with Gasteiger partial charge in [-0.2, -0.15) is 4.31 Å². The van der Waals surface area contributed by atoms with E-state index in [-0.39, 0.29) is 10.6 Å². The normalized spacial score (nSPS) is 24.6. The maximum absolute atomic E-state index is 12.7. The van der Waals surface area contributed by atoms with E-state index in [0.717, 1.165) is 6.42 Å². The Morgan fingerprint density at radius 1 is 1.25 bits per heavy atom. The van der Waals surface area contributed by atoms with Crippen LogP contribution >= 0.6 is 0 Å². The number of methoxy groups -OCH3 is 1. The molecule has 1 fully saturated rings. The molecule has 1 aromatic carbocycles.